The topological polar surface area (TPSA) is 67.7 Å². The van der Waals surface area contributed by atoms with Gasteiger partial charge >= 0.3 is 0 Å². The van der Waals surface area contributed by atoms with Gasteiger partial charge in [-0.2, -0.15) is 0 Å². The van der Waals surface area contributed by atoms with Crippen molar-refractivity contribution in [3.8, 4) is 0 Å². The van der Waals surface area contributed by atoms with Crippen LogP contribution in [0.1, 0.15) is 6.42 Å². The van der Waals surface area contributed by atoms with Gasteiger partial charge in [-0.05, 0) is 19.2 Å². The lowest BCUT2D eigenvalue weighted by Gasteiger charge is -2.29. The first kappa shape index (κ1) is 17.2. The van der Waals surface area contributed by atoms with E-state index in [1.807, 2.05) is 23.1 Å². The van der Waals surface area contributed by atoms with Crippen molar-refractivity contribution >= 4 is 16.8 Å². The molecule has 0 unspecified atom stereocenters. The zero-order valence-electron chi connectivity index (χ0n) is 15.0. The molecule has 2 aliphatic rings. The van der Waals surface area contributed by atoms with E-state index in [1.165, 1.54) is 10.9 Å². The Morgan fingerprint density at radius 2 is 2.08 bits per heavy atom. The smallest absolute Gasteiger partial charge is 0.261 e. The molecule has 1 amide bonds. The lowest BCUT2D eigenvalue weighted by atomic mass is 10.1. The molecule has 0 N–H and O–H groups in total. The molecule has 1 aromatic carbocycles. The van der Waals surface area contributed by atoms with Crippen LogP contribution in [0.2, 0.25) is 0 Å². The zero-order chi connectivity index (χ0) is 18.1. The summed E-state index contributed by atoms with van der Waals surface area (Å²) < 4.78 is 7.25. The molecular weight excluding hydrogens is 332 g/mol. The SMILES string of the molecule is CN1C[C@H]2COC[C@@H]1CN(C(=O)CCn1cnc3ccccc3c1=O)C2. The molecule has 2 aliphatic heterocycles. The Morgan fingerprint density at radius 1 is 1.23 bits per heavy atom. The van der Waals surface area contributed by atoms with E-state index >= 15 is 0 Å². The van der Waals surface area contributed by atoms with Crippen molar-refractivity contribution in [2.24, 2.45) is 5.92 Å². The molecule has 138 valence electrons. The molecule has 0 saturated carbocycles. The summed E-state index contributed by atoms with van der Waals surface area (Å²) in [6.45, 7) is 4.11. The summed E-state index contributed by atoms with van der Waals surface area (Å²) in [4.78, 5) is 33.9. The lowest BCUT2D eigenvalue weighted by Crippen LogP contribution is -2.45. The van der Waals surface area contributed by atoms with Crippen LogP contribution in [0.5, 0.6) is 0 Å². The van der Waals surface area contributed by atoms with Crippen LogP contribution in [0.15, 0.2) is 35.4 Å². The molecular formula is C19H24N4O3. The highest BCUT2D eigenvalue weighted by atomic mass is 16.5. The highest BCUT2D eigenvalue weighted by Gasteiger charge is 2.33. The Kier molecular flexibility index (Phi) is 4.74. The Bertz CT molecular complexity index is 865. The van der Waals surface area contributed by atoms with Crippen LogP contribution < -0.4 is 5.56 Å². The standard InChI is InChI=1S/C19H24N4O3/c1-21-8-14-9-23(10-15(21)12-26-11-14)18(24)6-7-22-13-20-17-5-3-2-4-16(17)19(22)25/h2-5,13-15H,6-12H2,1H3/t14-,15+/m1/s1. The number of para-hydroxylation sites is 1. The number of aryl methyl sites for hydroxylation is 1. The second kappa shape index (κ2) is 7.17. The monoisotopic (exact) mass is 356 g/mol. The molecule has 2 aromatic rings. The fourth-order valence-corrected chi connectivity index (χ4v) is 3.89. The molecule has 2 atom stereocenters. The number of carbonyl (C=O) groups is 1. The third kappa shape index (κ3) is 3.37. The molecule has 7 heteroatoms. The third-order valence-corrected chi connectivity index (χ3v) is 5.39. The van der Waals surface area contributed by atoms with Gasteiger partial charge in [0.05, 0.1) is 36.5 Å². The quantitative estimate of drug-likeness (QED) is 0.805. The Labute approximate surface area is 152 Å². The molecule has 0 aliphatic carbocycles. The first-order chi connectivity index (χ1) is 12.6. The van der Waals surface area contributed by atoms with Crippen LogP contribution in [-0.4, -0.2) is 71.2 Å². The van der Waals surface area contributed by atoms with Crippen molar-refractivity contribution in [2.45, 2.75) is 19.0 Å². The van der Waals surface area contributed by atoms with Gasteiger partial charge < -0.3 is 9.64 Å². The first-order valence-corrected chi connectivity index (χ1v) is 9.12. The molecule has 4 rings (SSSR count). The van der Waals surface area contributed by atoms with Gasteiger partial charge in [0.25, 0.3) is 5.56 Å². The minimum Gasteiger partial charge on any atom is -0.379 e. The van der Waals surface area contributed by atoms with Crippen LogP contribution in [-0.2, 0) is 16.1 Å². The number of aromatic nitrogens is 2. The summed E-state index contributed by atoms with van der Waals surface area (Å²) in [7, 11) is 2.10. The number of hydrogen-bond acceptors (Lipinski definition) is 5. The molecule has 0 spiro atoms. The Morgan fingerprint density at radius 3 is 2.96 bits per heavy atom. The van der Waals surface area contributed by atoms with Crippen LogP contribution in [0.4, 0.5) is 0 Å². The van der Waals surface area contributed by atoms with E-state index < -0.39 is 0 Å². The Balaban J connectivity index is 1.46. The summed E-state index contributed by atoms with van der Waals surface area (Å²) in [5, 5.41) is 0.588. The second-order valence-corrected chi connectivity index (χ2v) is 7.31. The molecule has 7 nitrogen and oxygen atoms in total. The maximum absolute atomic E-state index is 12.8. The number of benzene rings is 1. The average molecular weight is 356 g/mol. The number of amides is 1. The van der Waals surface area contributed by atoms with E-state index in [2.05, 4.69) is 16.9 Å². The Hall–Kier alpha value is -2.25. The van der Waals surface area contributed by atoms with Crippen LogP contribution in [0, 0.1) is 5.92 Å². The van der Waals surface area contributed by atoms with Crippen molar-refractivity contribution in [3.05, 3.63) is 40.9 Å². The molecule has 1 aromatic heterocycles. The van der Waals surface area contributed by atoms with Gasteiger partial charge in [-0.3, -0.25) is 19.1 Å². The van der Waals surface area contributed by atoms with Crippen LogP contribution in [0.25, 0.3) is 10.9 Å². The molecule has 2 fully saturated rings. The van der Waals surface area contributed by atoms with Crippen molar-refractivity contribution < 1.29 is 9.53 Å². The lowest BCUT2D eigenvalue weighted by molar-refractivity contribution is -0.133. The normalized spacial score (nSPS) is 23.8. The first-order valence-electron chi connectivity index (χ1n) is 9.12. The molecule has 0 radical (unpaired) electrons. The van der Waals surface area contributed by atoms with Gasteiger partial charge in [0.15, 0.2) is 0 Å². The van der Waals surface area contributed by atoms with Gasteiger partial charge in [0.1, 0.15) is 0 Å². The van der Waals surface area contributed by atoms with Gasteiger partial charge in [0.2, 0.25) is 5.91 Å². The summed E-state index contributed by atoms with van der Waals surface area (Å²) in [6.07, 6.45) is 1.85. The van der Waals surface area contributed by atoms with E-state index in [4.69, 9.17) is 4.74 Å². The van der Waals surface area contributed by atoms with Gasteiger partial charge in [-0.1, -0.05) is 12.1 Å². The number of nitrogens with zero attached hydrogens (tertiary/aromatic N) is 4. The summed E-state index contributed by atoms with van der Waals surface area (Å²) in [6, 6.07) is 7.53. The third-order valence-electron chi connectivity index (χ3n) is 5.39. The van der Waals surface area contributed by atoms with Crippen molar-refractivity contribution in [1.29, 1.82) is 0 Å². The fourth-order valence-electron chi connectivity index (χ4n) is 3.89. The van der Waals surface area contributed by atoms with E-state index in [1.54, 1.807) is 6.07 Å². The predicted octanol–water partition coefficient (Wildman–Crippen LogP) is 0.576. The fraction of sp³-hybridized carbons (Fsp3) is 0.526. The summed E-state index contributed by atoms with van der Waals surface area (Å²) in [5.41, 5.74) is 0.590. The van der Waals surface area contributed by atoms with Crippen molar-refractivity contribution in [3.63, 3.8) is 0 Å². The molecule has 2 saturated heterocycles. The van der Waals surface area contributed by atoms with E-state index in [9.17, 15) is 9.59 Å². The maximum Gasteiger partial charge on any atom is 0.261 e. The van der Waals surface area contributed by atoms with E-state index in [0.29, 0.717) is 49.5 Å². The number of ether oxygens (including phenoxy) is 1. The molecule has 26 heavy (non-hydrogen) atoms. The van der Waals surface area contributed by atoms with Gasteiger partial charge in [-0.15, -0.1) is 0 Å². The average Bonchev–Trinajstić information content (AvgIpc) is 2.89. The van der Waals surface area contributed by atoms with Crippen molar-refractivity contribution in [1.82, 2.24) is 19.4 Å². The number of likely N-dealkylation sites (N-methyl/N-ethyl adjacent to an activating group) is 1. The van der Waals surface area contributed by atoms with Gasteiger partial charge in [-0.25, -0.2) is 4.98 Å². The van der Waals surface area contributed by atoms with Crippen LogP contribution >= 0.6 is 0 Å². The second-order valence-electron chi connectivity index (χ2n) is 7.31. The number of carbonyl (C=O) groups excluding carboxylic acids is 1. The zero-order valence-corrected chi connectivity index (χ0v) is 15.0. The maximum atomic E-state index is 12.8. The molecule has 2 bridgehead atoms. The number of hydrogen-bond donors (Lipinski definition) is 0. The van der Waals surface area contributed by atoms with E-state index in [0.717, 1.165) is 13.1 Å². The summed E-state index contributed by atoms with van der Waals surface area (Å²) >= 11 is 0. The van der Waals surface area contributed by atoms with Crippen LogP contribution in [0.3, 0.4) is 0 Å². The largest absolute Gasteiger partial charge is 0.379 e. The summed E-state index contributed by atoms with van der Waals surface area (Å²) in [5.74, 6) is 0.443. The number of fused-ring (bicyclic) bond motifs is 4. The minimum atomic E-state index is -0.0933. The van der Waals surface area contributed by atoms with E-state index in [-0.39, 0.29) is 17.5 Å². The van der Waals surface area contributed by atoms with Crippen molar-refractivity contribution in [2.75, 3.05) is 39.9 Å². The highest BCUT2D eigenvalue weighted by Crippen LogP contribution is 2.19. The molecule has 3 heterocycles. The minimum absolute atomic E-state index is 0.0933. The predicted molar refractivity (Wildman–Crippen MR) is 97.9 cm³/mol. The number of rotatable bonds is 3. The van der Waals surface area contributed by atoms with Gasteiger partial charge in [0, 0.05) is 38.5 Å². The highest BCUT2D eigenvalue weighted by molar-refractivity contribution is 5.77.